The van der Waals surface area contributed by atoms with Gasteiger partial charge < -0.3 is 14.5 Å². The molecule has 3 nitrogen and oxygen atoms in total. The average molecular weight is 805 g/mol. The maximum absolute atomic E-state index is 6.96. The van der Waals surface area contributed by atoms with Crippen molar-refractivity contribution in [1.29, 1.82) is 0 Å². The highest BCUT2D eigenvalue weighted by molar-refractivity contribution is 6.25. The van der Waals surface area contributed by atoms with Crippen LogP contribution < -0.4 is 14.5 Å². The Labute approximate surface area is 367 Å². The molecule has 11 aromatic rings. The number of benzene rings is 11. The SMILES string of the molecule is c1ccc(-c2ccccc2N(c2ccccc2)c2ccc3c(c2)Oc2cccc4c2c-3cc2c3ccccc3c(-c3ccc(N(c5ccccc5)c5ccccc5)cc3)cc42)cc1. The van der Waals surface area contributed by atoms with E-state index in [1.54, 1.807) is 0 Å². The van der Waals surface area contributed by atoms with Crippen molar-refractivity contribution in [2.75, 3.05) is 9.80 Å². The molecule has 296 valence electrons. The van der Waals surface area contributed by atoms with E-state index in [1.165, 1.54) is 49.2 Å². The van der Waals surface area contributed by atoms with Crippen molar-refractivity contribution in [1.82, 2.24) is 0 Å². The molecule has 0 aliphatic carbocycles. The van der Waals surface area contributed by atoms with Gasteiger partial charge in [0.05, 0.1) is 5.69 Å². The highest BCUT2D eigenvalue weighted by atomic mass is 16.5. The summed E-state index contributed by atoms with van der Waals surface area (Å²) in [6, 6.07) is 86.8. The van der Waals surface area contributed by atoms with Gasteiger partial charge in [-0.3, -0.25) is 0 Å². The zero-order valence-electron chi connectivity index (χ0n) is 34.4. The minimum absolute atomic E-state index is 0.839. The Balaban J connectivity index is 0.994. The molecule has 0 unspecified atom stereocenters. The number of anilines is 6. The third kappa shape index (κ3) is 6.29. The number of fused-ring (bicyclic) bond motifs is 6. The lowest BCUT2D eigenvalue weighted by molar-refractivity contribution is 0.487. The smallest absolute Gasteiger partial charge is 0.137 e. The molecular formula is C60H40N2O. The van der Waals surface area contributed by atoms with Crippen LogP contribution in [-0.4, -0.2) is 0 Å². The Kier molecular flexibility index (Phi) is 8.83. The summed E-state index contributed by atoms with van der Waals surface area (Å²) in [5, 5.41) is 7.20. The van der Waals surface area contributed by atoms with E-state index in [1.807, 2.05) is 0 Å². The van der Waals surface area contributed by atoms with Crippen molar-refractivity contribution in [3.8, 4) is 44.9 Å². The lowest BCUT2D eigenvalue weighted by Crippen LogP contribution is -2.11. The lowest BCUT2D eigenvalue weighted by Gasteiger charge is -2.30. The Hall–Kier alpha value is -8.40. The van der Waals surface area contributed by atoms with Gasteiger partial charge in [-0.05, 0) is 134 Å². The predicted octanol–water partition coefficient (Wildman–Crippen LogP) is 17.2. The number of nitrogens with zero attached hydrogens (tertiary/aromatic N) is 2. The third-order valence-electron chi connectivity index (χ3n) is 12.4. The molecule has 0 saturated heterocycles. The van der Waals surface area contributed by atoms with E-state index in [0.29, 0.717) is 0 Å². The summed E-state index contributed by atoms with van der Waals surface area (Å²) < 4.78 is 6.96. The fourth-order valence-electron chi connectivity index (χ4n) is 9.56. The summed E-state index contributed by atoms with van der Waals surface area (Å²) in [6.45, 7) is 0. The number of rotatable bonds is 8. The summed E-state index contributed by atoms with van der Waals surface area (Å²) in [6.07, 6.45) is 0. The zero-order chi connectivity index (χ0) is 41.7. The second kappa shape index (κ2) is 15.3. The molecule has 0 spiro atoms. The van der Waals surface area contributed by atoms with Crippen molar-refractivity contribution in [2.24, 2.45) is 0 Å². The quantitative estimate of drug-likeness (QED) is 0.142. The third-order valence-corrected chi connectivity index (χ3v) is 12.4. The van der Waals surface area contributed by atoms with Gasteiger partial charge >= 0.3 is 0 Å². The molecule has 0 saturated carbocycles. The second-order valence-corrected chi connectivity index (χ2v) is 16.1. The largest absolute Gasteiger partial charge is 0.456 e. The average Bonchev–Trinajstić information content (AvgIpc) is 3.36. The molecule has 0 radical (unpaired) electrons. The Morgan fingerprint density at radius 1 is 0.254 bits per heavy atom. The molecule has 63 heavy (non-hydrogen) atoms. The van der Waals surface area contributed by atoms with Crippen LogP contribution in [-0.2, 0) is 0 Å². The van der Waals surface area contributed by atoms with Crippen molar-refractivity contribution in [3.63, 3.8) is 0 Å². The predicted molar refractivity (Wildman–Crippen MR) is 265 cm³/mol. The molecule has 3 heteroatoms. The first-order valence-electron chi connectivity index (χ1n) is 21.5. The van der Waals surface area contributed by atoms with E-state index in [-0.39, 0.29) is 0 Å². The van der Waals surface area contributed by atoms with Crippen LogP contribution in [0.5, 0.6) is 11.5 Å². The van der Waals surface area contributed by atoms with Crippen LogP contribution >= 0.6 is 0 Å². The van der Waals surface area contributed by atoms with Gasteiger partial charge in [0, 0.05) is 51.0 Å². The van der Waals surface area contributed by atoms with E-state index in [9.17, 15) is 0 Å². The minimum atomic E-state index is 0.839. The van der Waals surface area contributed by atoms with E-state index in [0.717, 1.165) is 62.1 Å². The van der Waals surface area contributed by atoms with Crippen molar-refractivity contribution < 1.29 is 4.74 Å². The molecule has 0 bridgehead atoms. The van der Waals surface area contributed by atoms with Gasteiger partial charge in [0.1, 0.15) is 11.5 Å². The fraction of sp³-hybridized carbons (Fsp3) is 0. The molecule has 1 aliphatic heterocycles. The molecule has 11 aromatic carbocycles. The highest BCUT2D eigenvalue weighted by Crippen LogP contribution is 2.52. The normalized spacial score (nSPS) is 11.6. The van der Waals surface area contributed by atoms with Crippen molar-refractivity contribution in [2.45, 2.75) is 0 Å². The van der Waals surface area contributed by atoms with Crippen molar-refractivity contribution >= 4 is 66.4 Å². The van der Waals surface area contributed by atoms with Crippen molar-refractivity contribution in [3.05, 3.63) is 243 Å². The maximum atomic E-state index is 6.96. The van der Waals surface area contributed by atoms with E-state index < -0.39 is 0 Å². The maximum Gasteiger partial charge on any atom is 0.137 e. The van der Waals surface area contributed by atoms with Gasteiger partial charge in [-0.1, -0.05) is 152 Å². The standard InChI is InChI=1S/C60H40N2O/c1-5-18-41(19-6-1)48-26-15-16-30-57(48)62(45-24-11-4-12-25-45)47-36-37-51-56-40-54-50-28-14-13-27-49(50)53(39-55(54)52-29-17-31-58(60(52)56)63-59(51)38-47)42-32-34-46(35-33-42)61(43-20-7-2-8-21-43)44-22-9-3-10-23-44/h1-40H. The second-order valence-electron chi connectivity index (χ2n) is 16.1. The van der Waals surface area contributed by atoms with Gasteiger partial charge in [-0.25, -0.2) is 0 Å². The topological polar surface area (TPSA) is 15.7 Å². The van der Waals surface area contributed by atoms with E-state index in [4.69, 9.17) is 4.74 Å². The van der Waals surface area contributed by atoms with Crippen LogP contribution in [0.4, 0.5) is 34.1 Å². The summed E-state index contributed by atoms with van der Waals surface area (Å²) in [7, 11) is 0. The first-order chi connectivity index (χ1) is 31.3. The Bertz CT molecular complexity index is 3420. The Morgan fingerprint density at radius 3 is 1.46 bits per heavy atom. The first kappa shape index (κ1) is 36.5. The minimum Gasteiger partial charge on any atom is -0.456 e. The molecule has 0 atom stereocenters. The van der Waals surface area contributed by atoms with Gasteiger partial charge in [0.15, 0.2) is 0 Å². The van der Waals surface area contributed by atoms with Gasteiger partial charge in [0.2, 0.25) is 0 Å². The number of hydrogen-bond donors (Lipinski definition) is 0. The lowest BCUT2D eigenvalue weighted by atomic mass is 9.86. The molecule has 1 aliphatic rings. The molecule has 0 fully saturated rings. The van der Waals surface area contributed by atoms with E-state index >= 15 is 0 Å². The molecule has 12 rings (SSSR count). The van der Waals surface area contributed by atoms with Crippen LogP contribution in [0.25, 0.3) is 65.7 Å². The molecule has 0 aromatic heterocycles. The Morgan fingerprint density at radius 2 is 0.762 bits per heavy atom. The number of hydrogen-bond acceptors (Lipinski definition) is 3. The first-order valence-corrected chi connectivity index (χ1v) is 21.5. The van der Waals surface area contributed by atoms with Crippen LogP contribution in [0, 0.1) is 0 Å². The summed E-state index contributed by atoms with van der Waals surface area (Å²) in [5.41, 5.74) is 13.5. The van der Waals surface area contributed by atoms with Crippen LogP contribution in [0.3, 0.4) is 0 Å². The number of ether oxygens (including phenoxy) is 1. The van der Waals surface area contributed by atoms with Crippen LogP contribution in [0.2, 0.25) is 0 Å². The van der Waals surface area contributed by atoms with E-state index in [2.05, 4.69) is 252 Å². The van der Waals surface area contributed by atoms with Crippen LogP contribution in [0.15, 0.2) is 243 Å². The zero-order valence-corrected chi connectivity index (χ0v) is 34.4. The van der Waals surface area contributed by atoms with Gasteiger partial charge in [-0.2, -0.15) is 0 Å². The summed E-state index contributed by atoms with van der Waals surface area (Å²) >= 11 is 0. The number of para-hydroxylation sites is 4. The molecule has 0 N–H and O–H groups in total. The van der Waals surface area contributed by atoms with Gasteiger partial charge in [-0.15, -0.1) is 0 Å². The highest BCUT2D eigenvalue weighted by Gasteiger charge is 2.26. The fourth-order valence-corrected chi connectivity index (χ4v) is 9.56. The molecule has 1 heterocycles. The van der Waals surface area contributed by atoms with Gasteiger partial charge in [0.25, 0.3) is 0 Å². The molecule has 0 amide bonds. The summed E-state index contributed by atoms with van der Waals surface area (Å²) in [4.78, 5) is 4.64. The summed E-state index contributed by atoms with van der Waals surface area (Å²) in [5.74, 6) is 1.71. The monoisotopic (exact) mass is 804 g/mol. The van der Waals surface area contributed by atoms with Crippen LogP contribution in [0.1, 0.15) is 0 Å². The molecular weight excluding hydrogens is 765 g/mol.